The first-order valence-corrected chi connectivity index (χ1v) is 8.11. The van der Waals surface area contributed by atoms with E-state index in [-0.39, 0.29) is 11.7 Å². The second-order valence-corrected chi connectivity index (χ2v) is 6.38. The Morgan fingerprint density at radius 2 is 2.00 bits per heavy atom. The number of hydrogen-bond donors (Lipinski definition) is 1. The molecule has 0 unspecified atom stereocenters. The third-order valence-corrected chi connectivity index (χ3v) is 4.14. The molecule has 3 aromatic rings. The molecule has 1 heterocycles. The number of anilines is 1. The van der Waals surface area contributed by atoms with E-state index >= 15 is 0 Å². The van der Waals surface area contributed by atoms with Crippen molar-refractivity contribution < 1.29 is 9.18 Å². The van der Waals surface area contributed by atoms with Crippen LogP contribution >= 0.6 is 15.9 Å². The highest BCUT2D eigenvalue weighted by Gasteiger charge is 2.15. The highest BCUT2D eigenvalue weighted by Crippen LogP contribution is 2.23. The Bertz CT molecular complexity index is 920. The van der Waals surface area contributed by atoms with Gasteiger partial charge >= 0.3 is 0 Å². The first-order valence-electron chi connectivity index (χ1n) is 7.31. The van der Waals surface area contributed by atoms with Crippen molar-refractivity contribution in [1.29, 1.82) is 0 Å². The second-order valence-electron chi connectivity index (χ2n) is 5.47. The first-order chi connectivity index (χ1) is 11.4. The summed E-state index contributed by atoms with van der Waals surface area (Å²) >= 11 is 3.37. The van der Waals surface area contributed by atoms with Crippen LogP contribution in [0, 0.1) is 12.7 Å². The molecule has 0 spiro atoms. The zero-order valence-electron chi connectivity index (χ0n) is 13.2. The molecule has 0 fully saturated rings. The molecule has 3 rings (SSSR count). The van der Waals surface area contributed by atoms with Crippen LogP contribution < -0.4 is 5.32 Å². The fraction of sp³-hybridized carbons (Fsp3) is 0.111. The van der Waals surface area contributed by atoms with Gasteiger partial charge in [-0.3, -0.25) is 9.48 Å². The van der Waals surface area contributed by atoms with Crippen molar-refractivity contribution in [3.8, 4) is 11.3 Å². The van der Waals surface area contributed by atoms with Gasteiger partial charge in [0.25, 0.3) is 5.91 Å². The van der Waals surface area contributed by atoms with Gasteiger partial charge in [-0.2, -0.15) is 5.10 Å². The zero-order valence-corrected chi connectivity index (χ0v) is 14.8. The van der Waals surface area contributed by atoms with Gasteiger partial charge in [-0.25, -0.2) is 4.39 Å². The van der Waals surface area contributed by atoms with Gasteiger partial charge in [0.15, 0.2) is 5.69 Å². The van der Waals surface area contributed by atoms with Gasteiger partial charge < -0.3 is 5.32 Å². The maximum atomic E-state index is 13.4. The van der Waals surface area contributed by atoms with E-state index in [0.29, 0.717) is 16.9 Å². The molecule has 0 aliphatic carbocycles. The van der Waals surface area contributed by atoms with Crippen molar-refractivity contribution in [2.75, 3.05) is 5.32 Å². The van der Waals surface area contributed by atoms with Gasteiger partial charge in [0.2, 0.25) is 0 Å². The molecule has 0 atom stereocenters. The lowest BCUT2D eigenvalue weighted by atomic mass is 10.1. The van der Waals surface area contributed by atoms with Crippen LogP contribution in [0.1, 0.15) is 16.1 Å². The lowest BCUT2D eigenvalue weighted by Gasteiger charge is -2.03. The topological polar surface area (TPSA) is 46.9 Å². The molecule has 122 valence electrons. The molecular formula is C18H15BrFN3O. The minimum atomic E-state index is -0.297. The van der Waals surface area contributed by atoms with E-state index < -0.39 is 0 Å². The molecule has 0 bridgehead atoms. The Morgan fingerprint density at radius 3 is 2.71 bits per heavy atom. The molecule has 4 nitrogen and oxygen atoms in total. The molecule has 1 aromatic heterocycles. The molecule has 6 heteroatoms. The number of nitrogens with zero attached hydrogens (tertiary/aromatic N) is 2. The number of carbonyl (C=O) groups excluding carboxylic acids is 1. The number of rotatable bonds is 3. The van der Waals surface area contributed by atoms with Crippen LogP contribution in [0.2, 0.25) is 0 Å². The van der Waals surface area contributed by atoms with Crippen LogP contribution in [0.4, 0.5) is 10.1 Å². The lowest BCUT2D eigenvalue weighted by molar-refractivity contribution is 0.102. The molecule has 0 aliphatic heterocycles. The number of amides is 1. The third-order valence-electron chi connectivity index (χ3n) is 3.65. The van der Waals surface area contributed by atoms with Crippen LogP contribution in [0.3, 0.4) is 0 Å². The average Bonchev–Trinajstić information content (AvgIpc) is 2.92. The van der Waals surface area contributed by atoms with Gasteiger partial charge in [-0.05, 0) is 55.0 Å². The van der Waals surface area contributed by atoms with Crippen molar-refractivity contribution in [3.63, 3.8) is 0 Å². The Balaban J connectivity index is 1.88. The smallest absolute Gasteiger partial charge is 0.276 e. The Morgan fingerprint density at radius 1 is 1.21 bits per heavy atom. The quantitative estimate of drug-likeness (QED) is 0.716. The summed E-state index contributed by atoms with van der Waals surface area (Å²) in [5.74, 6) is -0.553. The van der Waals surface area contributed by atoms with Crippen LogP contribution in [0.15, 0.2) is 53.0 Å². The fourth-order valence-electron chi connectivity index (χ4n) is 2.41. The third kappa shape index (κ3) is 3.38. The minimum Gasteiger partial charge on any atom is -0.321 e. The van der Waals surface area contributed by atoms with Crippen LogP contribution in [0.25, 0.3) is 11.3 Å². The molecule has 2 aromatic carbocycles. The number of nitrogens with one attached hydrogen (secondary N) is 1. The Labute approximate surface area is 147 Å². The van der Waals surface area contributed by atoms with Crippen molar-refractivity contribution in [1.82, 2.24) is 9.78 Å². The van der Waals surface area contributed by atoms with Gasteiger partial charge in [0.1, 0.15) is 5.82 Å². The number of aromatic nitrogens is 2. The lowest BCUT2D eigenvalue weighted by Crippen LogP contribution is -2.12. The summed E-state index contributed by atoms with van der Waals surface area (Å²) in [5, 5.41) is 7.06. The van der Waals surface area contributed by atoms with Crippen LogP contribution in [-0.2, 0) is 7.05 Å². The molecule has 1 amide bonds. The van der Waals surface area contributed by atoms with Gasteiger partial charge in [-0.15, -0.1) is 0 Å². The highest BCUT2D eigenvalue weighted by molar-refractivity contribution is 9.10. The van der Waals surface area contributed by atoms with Crippen molar-refractivity contribution >= 4 is 27.5 Å². The van der Waals surface area contributed by atoms with E-state index in [0.717, 1.165) is 15.7 Å². The number of halogens is 2. The molecule has 0 saturated heterocycles. The summed E-state index contributed by atoms with van der Waals surface area (Å²) in [6.45, 7) is 1.70. The molecular weight excluding hydrogens is 373 g/mol. The van der Waals surface area contributed by atoms with Gasteiger partial charge in [0.05, 0.1) is 5.69 Å². The minimum absolute atomic E-state index is 0.256. The number of hydrogen-bond acceptors (Lipinski definition) is 2. The standard InChI is InChI=1S/C18H15BrFN3O/c1-11-8-12(6-7-15(11)20)17-10-16(22-23(17)2)18(24)21-14-5-3-4-13(19)9-14/h3-10H,1-2H3,(H,21,24). The molecule has 0 aliphatic rings. The Kier molecular flexibility index (Phi) is 4.49. The van der Waals surface area contributed by atoms with Crippen molar-refractivity contribution in [2.45, 2.75) is 6.92 Å². The maximum absolute atomic E-state index is 13.4. The molecule has 0 radical (unpaired) electrons. The van der Waals surface area contributed by atoms with E-state index in [1.165, 1.54) is 6.07 Å². The van der Waals surface area contributed by atoms with E-state index in [1.54, 1.807) is 42.9 Å². The summed E-state index contributed by atoms with van der Waals surface area (Å²) < 4.78 is 15.9. The van der Waals surface area contributed by atoms with E-state index in [9.17, 15) is 9.18 Å². The predicted octanol–water partition coefficient (Wildman–Crippen LogP) is 4.55. The average molecular weight is 388 g/mol. The summed E-state index contributed by atoms with van der Waals surface area (Å²) in [5.41, 5.74) is 3.09. The normalized spacial score (nSPS) is 10.7. The predicted molar refractivity (Wildman–Crippen MR) is 95.4 cm³/mol. The highest BCUT2D eigenvalue weighted by atomic mass is 79.9. The summed E-state index contributed by atoms with van der Waals surface area (Å²) in [6.07, 6.45) is 0. The zero-order chi connectivity index (χ0) is 17.3. The van der Waals surface area contributed by atoms with Gasteiger partial charge in [-0.1, -0.05) is 22.0 Å². The van der Waals surface area contributed by atoms with Crippen molar-refractivity contribution in [3.05, 3.63) is 70.1 Å². The largest absolute Gasteiger partial charge is 0.321 e. The number of benzene rings is 2. The maximum Gasteiger partial charge on any atom is 0.276 e. The number of carbonyl (C=O) groups is 1. The van der Waals surface area contributed by atoms with Crippen LogP contribution in [-0.4, -0.2) is 15.7 Å². The molecule has 24 heavy (non-hydrogen) atoms. The first kappa shape index (κ1) is 16.4. The summed E-state index contributed by atoms with van der Waals surface area (Å²) in [7, 11) is 1.75. The monoisotopic (exact) mass is 387 g/mol. The molecule has 1 N–H and O–H groups in total. The van der Waals surface area contributed by atoms with Crippen LogP contribution in [0.5, 0.6) is 0 Å². The second kappa shape index (κ2) is 6.57. The molecule has 0 saturated carbocycles. The number of aryl methyl sites for hydroxylation is 2. The summed E-state index contributed by atoms with van der Waals surface area (Å²) in [4.78, 5) is 12.4. The van der Waals surface area contributed by atoms with E-state index in [1.807, 2.05) is 18.2 Å². The summed E-state index contributed by atoms with van der Waals surface area (Å²) in [6, 6.07) is 13.9. The fourth-order valence-corrected chi connectivity index (χ4v) is 2.81. The van der Waals surface area contributed by atoms with E-state index in [4.69, 9.17) is 0 Å². The van der Waals surface area contributed by atoms with Crippen molar-refractivity contribution in [2.24, 2.45) is 7.05 Å². The Hall–Kier alpha value is -2.47. The van der Waals surface area contributed by atoms with Gasteiger partial charge in [0, 0.05) is 22.8 Å². The SMILES string of the molecule is Cc1cc(-c2cc(C(=O)Nc3cccc(Br)c3)nn2C)ccc1F. The van der Waals surface area contributed by atoms with E-state index in [2.05, 4.69) is 26.3 Å².